The molecule has 678 valence electrons. The standard InChI is InChI=1S/2C16H20O3.3C15H18O3.C14H16O4.C13H15NO3/c1-3-18-15-11-16(17)19-14(12(15)2)10-9-13-7-5-4-6-8-13;1-3-18-15-11-14(19-16(17)12(15)2)10-9-13-7-5-4-6-8-13;1-11-3-5-12(6-4-11)7-8-13-9-14(17-2)10-15(16)18-13;1-11-13(18-15(16)10-14(11)17-2)9-8-12-6-4-3-5-7-12;1-11-14(17-2)10-13(18-15(11)16)9-8-12-6-4-3-5-7-12;1-17-13-8-12(18-14(16)9-13)7-4-10-2-5-11(15)6-3-10;1-16-12-7-11(17-13(15)8-12)5-4-10-3-2-6-14-9-10/h4-8,11-12,14H,3,9-10H2,1-2H3;4-8,14H,3,9-11H2,1-2H3;3-6,10,13H,7-9H2,1-2H3;3-7,10-11,13H,8-9H2,1-2H3;3-7,13H,8-10H2,1-2H3;2-3,5-6,9,12,15H,4,7-8H2,1H3;2-3,6,8-9,11H,4-5,7H2,1H3. The minimum Gasteiger partial charge on any atom is -0.508 e. The summed E-state index contributed by atoms with van der Waals surface area (Å²) < 4.78 is 74.1. The average Bonchev–Trinajstić information content (AvgIpc) is 0.853. The van der Waals surface area contributed by atoms with Crippen LogP contribution in [0, 0.1) is 18.8 Å². The predicted molar refractivity (Wildman–Crippen MR) is 482 cm³/mol. The minimum absolute atomic E-state index is 0.0706. The molecule has 0 aliphatic carbocycles. The molecule has 8 heterocycles. The first-order valence-electron chi connectivity index (χ1n) is 43.7. The summed E-state index contributed by atoms with van der Waals surface area (Å²) in [5.41, 5.74) is 11.0. The van der Waals surface area contributed by atoms with E-state index < -0.39 is 0 Å². The average molecular weight is 1740 g/mol. The number of hydrogen-bond donors (Lipinski definition) is 1. The van der Waals surface area contributed by atoms with E-state index in [4.69, 9.17) is 66.3 Å². The number of pyridine rings is 1. The lowest BCUT2D eigenvalue weighted by Gasteiger charge is -2.29. The van der Waals surface area contributed by atoms with Gasteiger partial charge in [0, 0.05) is 44.5 Å². The second-order valence-electron chi connectivity index (χ2n) is 31.4. The summed E-state index contributed by atoms with van der Waals surface area (Å²) in [6.07, 6.45) is 25.2. The van der Waals surface area contributed by atoms with Crippen LogP contribution in [-0.4, -0.2) is 143 Å². The van der Waals surface area contributed by atoms with E-state index in [0.717, 1.165) is 118 Å². The van der Waals surface area contributed by atoms with Crippen LogP contribution in [0.4, 0.5) is 0 Å². The number of phenols is 1. The van der Waals surface area contributed by atoms with Crippen molar-refractivity contribution in [3.8, 4) is 5.75 Å². The van der Waals surface area contributed by atoms with E-state index in [2.05, 4.69) is 84.7 Å². The third kappa shape index (κ3) is 35.7. The van der Waals surface area contributed by atoms with Gasteiger partial charge >= 0.3 is 41.8 Å². The third-order valence-electron chi connectivity index (χ3n) is 22.1. The number of methoxy groups -OCH3 is 5. The van der Waals surface area contributed by atoms with Crippen LogP contribution in [0.5, 0.6) is 5.75 Å². The second-order valence-corrected chi connectivity index (χ2v) is 31.4. The van der Waals surface area contributed by atoms with Gasteiger partial charge in [-0.3, -0.25) is 4.98 Å². The number of ether oxygens (including phenoxy) is 14. The van der Waals surface area contributed by atoms with Crippen molar-refractivity contribution in [3.05, 3.63) is 321 Å². The molecule has 0 radical (unpaired) electrons. The Hall–Kier alpha value is -12.7. The highest BCUT2D eigenvalue weighted by molar-refractivity contribution is 5.90. The molecule has 9 atom stereocenters. The highest BCUT2D eigenvalue weighted by Crippen LogP contribution is 2.32. The lowest BCUT2D eigenvalue weighted by molar-refractivity contribution is -0.149. The Labute approximate surface area is 748 Å². The Bertz CT molecular complexity index is 4720. The van der Waals surface area contributed by atoms with Gasteiger partial charge in [0.05, 0.1) is 102 Å². The summed E-state index contributed by atoms with van der Waals surface area (Å²) in [6.45, 7) is 14.7. The maximum atomic E-state index is 11.7. The highest BCUT2D eigenvalue weighted by Gasteiger charge is 2.34. The van der Waals surface area contributed by atoms with E-state index >= 15 is 0 Å². The van der Waals surface area contributed by atoms with Gasteiger partial charge in [0.25, 0.3) is 0 Å². The first-order chi connectivity index (χ1) is 61.4. The van der Waals surface area contributed by atoms with Gasteiger partial charge in [-0.05, 0) is 182 Å². The predicted octanol–water partition coefficient (Wildman–Crippen LogP) is 18.7. The SMILES string of the molecule is CCOC1=C(C)C(=O)OC(CCc2ccccc2)C1.CCOC1=CC(=O)OC(CCc2ccccc2)C1C.COC1=C(C)C(=O)OC(CCc2ccccc2)C1.COC1=CC(=O)OC(CCc2ccc(C)cc2)C1.COC1=CC(=O)OC(CCc2ccc(O)cc2)C1.COC1=CC(=O)OC(CCc2ccccc2)C1C.COC1=CC(=O)OC(CCc2cccnc2)C1. The molecule has 7 aliphatic rings. The third-order valence-corrected chi connectivity index (χ3v) is 22.1. The van der Waals surface area contributed by atoms with Crippen LogP contribution >= 0.6 is 0 Å². The first kappa shape index (κ1) is 99.8. The van der Waals surface area contributed by atoms with Gasteiger partial charge in [-0.25, -0.2) is 33.6 Å². The van der Waals surface area contributed by atoms with Crippen molar-refractivity contribution in [2.75, 3.05) is 48.8 Å². The molecular weight excluding hydrogens is 1620 g/mol. The van der Waals surface area contributed by atoms with Crippen LogP contribution < -0.4 is 0 Å². The fraction of sp³-hybridized carbons (Fsp3) is 0.404. The number of cyclic esters (lactones) is 7. The maximum Gasteiger partial charge on any atom is 0.337 e. The maximum absolute atomic E-state index is 11.7. The van der Waals surface area contributed by atoms with Crippen molar-refractivity contribution >= 4 is 41.8 Å². The van der Waals surface area contributed by atoms with Crippen molar-refractivity contribution in [1.29, 1.82) is 0 Å². The highest BCUT2D eigenvalue weighted by atomic mass is 16.6. The van der Waals surface area contributed by atoms with Crippen LogP contribution in [-0.2, 0) is 145 Å². The fourth-order valence-electron chi connectivity index (χ4n) is 14.7. The summed E-state index contributed by atoms with van der Waals surface area (Å²) in [6, 6.07) is 60.3. The lowest BCUT2D eigenvalue weighted by atomic mass is 9.94. The van der Waals surface area contributed by atoms with Gasteiger partial charge < -0.3 is 71.4 Å². The number of carbonyl (C=O) groups excluding carboxylic acids is 7. The molecule has 23 heteroatoms. The fourth-order valence-corrected chi connectivity index (χ4v) is 14.7. The number of aromatic hydroxyl groups is 1. The molecule has 1 aromatic heterocycles. The second kappa shape index (κ2) is 54.3. The van der Waals surface area contributed by atoms with Crippen molar-refractivity contribution in [2.45, 2.75) is 213 Å². The molecular formula is C104H125NO22. The van der Waals surface area contributed by atoms with Crippen molar-refractivity contribution < 1.29 is 105 Å². The number of carbonyl (C=O) groups is 7. The summed E-state index contributed by atoms with van der Waals surface area (Å²) in [4.78, 5) is 84.2. The molecule has 7 aromatic rings. The monoisotopic (exact) mass is 1740 g/mol. The van der Waals surface area contributed by atoms with Gasteiger partial charge in [0.1, 0.15) is 88.8 Å². The molecule has 127 heavy (non-hydrogen) atoms. The molecule has 0 spiro atoms. The number of esters is 7. The Kier molecular flexibility index (Phi) is 42.6. The Morgan fingerprint density at radius 3 is 1.02 bits per heavy atom. The quantitative estimate of drug-likeness (QED) is 0.0323. The summed E-state index contributed by atoms with van der Waals surface area (Å²) in [5.74, 6) is 3.53. The number of rotatable bonds is 30. The first-order valence-corrected chi connectivity index (χ1v) is 43.7. The Morgan fingerprint density at radius 1 is 0.331 bits per heavy atom. The molecule has 7 aliphatic heterocycles. The number of phenolic OH excluding ortho intramolecular Hbond substituents is 1. The van der Waals surface area contributed by atoms with Gasteiger partial charge in [0.15, 0.2) is 0 Å². The van der Waals surface area contributed by atoms with Gasteiger partial charge in [-0.1, -0.05) is 183 Å². The molecule has 0 saturated carbocycles. The molecule has 0 amide bonds. The van der Waals surface area contributed by atoms with Crippen LogP contribution in [0.15, 0.2) is 276 Å². The summed E-state index contributed by atoms with van der Waals surface area (Å²) >= 11 is 0. The molecule has 23 nitrogen and oxygen atoms in total. The lowest BCUT2D eigenvalue weighted by Crippen LogP contribution is -2.32. The van der Waals surface area contributed by atoms with Crippen molar-refractivity contribution in [1.82, 2.24) is 4.98 Å². The molecule has 9 unspecified atom stereocenters. The topological polar surface area (TPSA) is 282 Å². The summed E-state index contributed by atoms with van der Waals surface area (Å²) in [7, 11) is 7.91. The Balaban J connectivity index is 0.000000183. The van der Waals surface area contributed by atoms with Crippen LogP contribution in [0.1, 0.15) is 163 Å². The molecule has 14 rings (SSSR count). The van der Waals surface area contributed by atoms with E-state index in [1.165, 1.54) is 63.8 Å². The van der Waals surface area contributed by atoms with E-state index in [9.17, 15) is 38.7 Å². The molecule has 1 N–H and O–H groups in total. The van der Waals surface area contributed by atoms with E-state index in [-0.39, 0.29) is 102 Å². The number of aromatic nitrogens is 1. The number of hydrogen-bond acceptors (Lipinski definition) is 23. The normalized spacial score (nSPS) is 20.4. The van der Waals surface area contributed by atoms with Crippen LogP contribution in [0.2, 0.25) is 0 Å². The van der Waals surface area contributed by atoms with E-state index in [0.29, 0.717) is 79.5 Å². The zero-order valence-corrected chi connectivity index (χ0v) is 75.4. The van der Waals surface area contributed by atoms with Gasteiger partial charge in [-0.15, -0.1) is 0 Å². The zero-order valence-electron chi connectivity index (χ0n) is 75.4. The molecule has 6 aromatic carbocycles. The Morgan fingerprint density at radius 2 is 0.654 bits per heavy atom. The molecule has 0 bridgehead atoms. The van der Waals surface area contributed by atoms with Crippen LogP contribution in [0.3, 0.4) is 0 Å². The number of benzene rings is 6. The van der Waals surface area contributed by atoms with E-state index in [1.54, 1.807) is 67.7 Å². The zero-order chi connectivity index (χ0) is 91.2. The largest absolute Gasteiger partial charge is 0.508 e. The smallest absolute Gasteiger partial charge is 0.337 e. The summed E-state index contributed by atoms with van der Waals surface area (Å²) in [5, 5.41) is 9.18. The van der Waals surface area contributed by atoms with Crippen LogP contribution in [0.25, 0.3) is 0 Å². The van der Waals surface area contributed by atoms with Gasteiger partial charge in [0.2, 0.25) is 0 Å². The molecule has 0 fully saturated rings. The molecule has 0 saturated heterocycles. The minimum atomic E-state index is -0.339. The van der Waals surface area contributed by atoms with Gasteiger partial charge in [-0.2, -0.15) is 0 Å². The number of nitrogens with zero attached hydrogens (tertiary/aromatic N) is 1. The van der Waals surface area contributed by atoms with E-state index in [1.807, 2.05) is 131 Å². The number of aryl methyl sites for hydroxylation is 8. The van der Waals surface area contributed by atoms with Crippen molar-refractivity contribution in [2.24, 2.45) is 11.8 Å². The van der Waals surface area contributed by atoms with Crippen molar-refractivity contribution in [3.63, 3.8) is 0 Å².